The molecule has 13 heavy (non-hydrogen) atoms. The van der Waals surface area contributed by atoms with E-state index in [-0.39, 0.29) is 0 Å². The van der Waals surface area contributed by atoms with Crippen molar-refractivity contribution >= 4 is 0 Å². The second-order valence-electron chi connectivity index (χ2n) is 4.66. The van der Waals surface area contributed by atoms with E-state index in [9.17, 15) is 0 Å². The van der Waals surface area contributed by atoms with E-state index in [1.807, 2.05) is 0 Å². The van der Waals surface area contributed by atoms with Gasteiger partial charge in [0, 0.05) is 12.6 Å². The minimum absolute atomic E-state index is 0.321. The fraction of sp³-hybridized carbons (Fsp3) is 1.00. The van der Waals surface area contributed by atoms with Crippen LogP contribution in [0.1, 0.15) is 38.5 Å². The van der Waals surface area contributed by atoms with E-state index in [1.54, 1.807) is 0 Å². The Morgan fingerprint density at radius 3 is 2.54 bits per heavy atom. The second-order valence-corrected chi connectivity index (χ2v) is 4.66. The molecule has 2 fully saturated rings. The molecule has 2 heteroatoms. The van der Waals surface area contributed by atoms with Crippen molar-refractivity contribution in [3.63, 3.8) is 0 Å². The molecule has 2 aliphatic rings. The fourth-order valence-corrected chi connectivity index (χ4v) is 1.91. The van der Waals surface area contributed by atoms with E-state index < -0.39 is 0 Å². The predicted octanol–water partition coefficient (Wildman–Crippen LogP) is 1.93. The van der Waals surface area contributed by atoms with E-state index in [4.69, 9.17) is 10.5 Å². The highest BCUT2D eigenvalue weighted by Crippen LogP contribution is 2.32. The van der Waals surface area contributed by atoms with Crippen molar-refractivity contribution in [2.45, 2.75) is 44.6 Å². The molecule has 2 N–H and O–H groups in total. The highest BCUT2D eigenvalue weighted by molar-refractivity contribution is 4.83. The Labute approximate surface area is 80.8 Å². The molecule has 0 aromatic rings. The van der Waals surface area contributed by atoms with Crippen LogP contribution < -0.4 is 5.73 Å². The lowest BCUT2D eigenvalue weighted by atomic mass is 9.83. The highest BCUT2D eigenvalue weighted by atomic mass is 16.5. The van der Waals surface area contributed by atoms with E-state index in [0.717, 1.165) is 25.0 Å². The summed E-state index contributed by atoms with van der Waals surface area (Å²) in [7, 11) is 0. The molecule has 0 aromatic carbocycles. The molecule has 0 amide bonds. The van der Waals surface area contributed by atoms with Crippen molar-refractivity contribution in [1.82, 2.24) is 0 Å². The molecule has 2 rings (SSSR count). The Kier molecular flexibility index (Phi) is 3.23. The Morgan fingerprint density at radius 2 is 2.00 bits per heavy atom. The summed E-state index contributed by atoms with van der Waals surface area (Å²) in [4.78, 5) is 0. The molecule has 0 bridgehead atoms. The summed E-state index contributed by atoms with van der Waals surface area (Å²) in [5, 5.41) is 0. The van der Waals surface area contributed by atoms with Crippen molar-refractivity contribution in [3.05, 3.63) is 0 Å². The second kappa shape index (κ2) is 4.43. The van der Waals surface area contributed by atoms with Gasteiger partial charge in [-0.25, -0.2) is 0 Å². The molecule has 0 spiro atoms. The summed E-state index contributed by atoms with van der Waals surface area (Å²) in [6.07, 6.45) is 8.21. The number of hydrogen-bond donors (Lipinski definition) is 1. The zero-order valence-electron chi connectivity index (χ0n) is 8.37. The number of hydrogen-bond acceptors (Lipinski definition) is 2. The topological polar surface area (TPSA) is 35.2 Å². The minimum Gasteiger partial charge on any atom is -0.380 e. The summed E-state index contributed by atoms with van der Waals surface area (Å²) < 4.78 is 5.58. The lowest BCUT2D eigenvalue weighted by Crippen LogP contribution is -2.29. The summed E-state index contributed by atoms with van der Waals surface area (Å²) >= 11 is 0. The highest BCUT2D eigenvalue weighted by Gasteiger charge is 2.28. The van der Waals surface area contributed by atoms with Crippen molar-refractivity contribution < 1.29 is 4.74 Å². The van der Waals surface area contributed by atoms with E-state index in [0.29, 0.717) is 6.04 Å². The maximum Gasteiger partial charge on any atom is 0.0620 e. The Hall–Kier alpha value is -0.0800. The van der Waals surface area contributed by atoms with E-state index >= 15 is 0 Å². The Morgan fingerprint density at radius 1 is 1.23 bits per heavy atom. The van der Waals surface area contributed by atoms with Gasteiger partial charge in [0.15, 0.2) is 0 Å². The van der Waals surface area contributed by atoms with Crippen LogP contribution in [0.3, 0.4) is 0 Å². The zero-order valence-corrected chi connectivity index (χ0v) is 8.37. The summed E-state index contributed by atoms with van der Waals surface area (Å²) in [6, 6.07) is 0.321. The van der Waals surface area contributed by atoms with Crippen LogP contribution in [0.2, 0.25) is 0 Å². The molecule has 1 atom stereocenters. The first kappa shape index (κ1) is 9.47. The van der Waals surface area contributed by atoms with Crippen LogP contribution >= 0.6 is 0 Å². The van der Waals surface area contributed by atoms with Gasteiger partial charge in [0.1, 0.15) is 0 Å². The third kappa shape index (κ3) is 2.96. The quantitative estimate of drug-likeness (QED) is 0.639. The molecule has 0 aliphatic heterocycles. The van der Waals surface area contributed by atoms with Crippen LogP contribution in [0.5, 0.6) is 0 Å². The van der Waals surface area contributed by atoms with E-state index in [2.05, 4.69) is 0 Å². The SMILES string of the molecule is NC(COCCC1CCC1)C1CC1. The van der Waals surface area contributed by atoms with Crippen LogP contribution in [0.4, 0.5) is 0 Å². The average Bonchev–Trinajstić information content (AvgIpc) is 2.82. The predicted molar refractivity (Wildman–Crippen MR) is 53.5 cm³/mol. The van der Waals surface area contributed by atoms with Crippen molar-refractivity contribution in [2.24, 2.45) is 17.6 Å². The van der Waals surface area contributed by atoms with Crippen LogP contribution in [-0.2, 0) is 4.74 Å². The molecule has 0 saturated heterocycles. The lowest BCUT2D eigenvalue weighted by Gasteiger charge is -2.25. The molecule has 1 unspecified atom stereocenters. The zero-order chi connectivity index (χ0) is 9.10. The third-order valence-electron chi connectivity index (χ3n) is 3.43. The van der Waals surface area contributed by atoms with Gasteiger partial charge in [-0.3, -0.25) is 0 Å². The van der Waals surface area contributed by atoms with Crippen molar-refractivity contribution in [1.29, 1.82) is 0 Å². The molecule has 2 saturated carbocycles. The van der Waals surface area contributed by atoms with Crippen molar-refractivity contribution in [2.75, 3.05) is 13.2 Å². The number of rotatable bonds is 6. The minimum atomic E-state index is 0.321. The first-order valence-electron chi connectivity index (χ1n) is 5.69. The standard InChI is InChI=1S/C11H21NO/c12-11(10-4-5-10)8-13-7-6-9-2-1-3-9/h9-11H,1-8,12H2. The first-order valence-corrected chi connectivity index (χ1v) is 5.69. The molecule has 0 aromatic heterocycles. The molecular weight excluding hydrogens is 162 g/mol. The summed E-state index contributed by atoms with van der Waals surface area (Å²) in [5.74, 6) is 1.75. The molecule has 0 radical (unpaired) electrons. The summed E-state index contributed by atoms with van der Waals surface area (Å²) in [5.41, 5.74) is 5.92. The van der Waals surface area contributed by atoms with Gasteiger partial charge < -0.3 is 10.5 Å². The van der Waals surface area contributed by atoms with Gasteiger partial charge >= 0.3 is 0 Å². The fourth-order valence-electron chi connectivity index (χ4n) is 1.91. The summed E-state index contributed by atoms with van der Waals surface area (Å²) in [6.45, 7) is 1.72. The molecular formula is C11H21NO. The largest absolute Gasteiger partial charge is 0.380 e. The van der Waals surface area contributed by atoms with Crippen LogP contribution in [0.15, 0.2) is 0 Å². The van der Waals surface area contributed by atoms with Crippen LogP contribution in [0, 0.1) is 11.8 Å². The molecule has 0 heterocycles. The molecule has 2 nitrogen and oxygen atoms in total. The van der Waals surface area contributed by atoms with Gasteiger partial charge in [0.25, 0.3) is 0 Å². The molecule has 76 valence electrons. The van der Waals surface area contributed by atoms with Crippen LogP contribution in [0.25, 0.3) is 0 Å². The Bertz CT molecular complexity index is 152. The smallest absolute Gasteiger partial charge is 0.0620 e. The van der Waals surface area contributed by atoms with Gasteiger partial charge in [-0.2, -0.15) is 0 Å². The van der Waals surface area contributed by atoms with Crippen molar-refractivity contribution in [3.8, 4) is 0 Å². The third-order valence-corrected chi connectivity index (χ3v) is 3.43. The van der Waals surface area contributed by atoms with Gasteiger partial charge in [0.2, 0.25) is 0 Å². The molecule has 2 aliphatic carbocycles. The normalized spacial score (nSPS) is 25.6. The van der Waals surface area contributed by atoms with Gasteiger partial charge in [-0.15, -0.1) is 0 Å². The maximum atomic E-state index is 5.92. The van der Waals surface area contributed by atoms with Crippen LogP contribution in [-0.4, -0.2) is 19.3 Å². The first-order chi connectivity index (χ1) is 6.36. The van der Waals surface area contributed by atoms with Gasteiger partial charge in [-0.1, -0.05) is 19.3 Å². The number of nitrogens with two attached hydrogens (primary N) is 1. The lowest BCUT2D eigenvalue weighted by molar-refractivity contribution is 0.0924. The van der Waals surface area contributed by atoms with Gasteiger partial charge in [0.05, 0.1) is 6.61 Å². The van der Waals surface area contributed by atoms with Gasteiger partial charge in [-0.05, 0) is 31.1 Å². The maximum absolute atomic E-state index is 5.92. The van der Waals surface area contributed by atoms with E-state index in [1.165, 1.54) is 38.5 Å². The average molecular weight is 183 g/mol. The monoisotopic (exact) mass is 183 g/mol. The number of ether oxygens (including phenoxy) is 1. The Balaban J connectivity index is 1.43.